The Labute approximate surface area is 186 Å². The van der Waals surface area contributed by atoms with E-state index in [4.69, 9.17) is 9.47 Å². The number of hydrogen-bond donors (Lipinski definition) is 1. The highest BCUT2D eigenvalue weighted by atomic mass is 16.5. The van der Waals surface area contributed by atoms with E-state index in [0.29, 0.717) is 24.4 Å². The second kappa shape index (κ2) is 9.59. The highest BCUT2D eigenvalue weighted by molar-refractivity contribution is 5.60. The standard InChI is InChI=1S/C23H27N7O2/c1-15(2)31-22-24-23(32-16(3)4)30(27-22)14-18-11-9-17(10-12-18)13-19-7-5-6-8-20(19)21-25-28-29-26-21/h5-12,15-16H,13-14H2,1-4H3,(H,25,26,28,29). The average molecular weight is 434 g/mol. The van der Waals surface area contributed by atoms with E-state index in [0.717, 1.165) is 23.1 Å². The van der Waals surface area contributed by atoms with Gasteiger partial charge in [-0.2, -0.15) is 5.21 Å². The summed E-state index contributed by atoms with van der Waals surface area (Å²) in [5.74, 6) is 0.598. The summed E-state index contributed by atoms with van der Waals surface area (Å²) in [5.41, 5.74) is 4.39. The van der Waals surface area contributed by atoms with Crippen molar-refractivity contribution >= 4 is 0 Å². The first-order valence-corrected chi connectivity index (χ1v) is 10.7. The van der Waals surface area contributed by atoms with E-state index >= 15 is 0 Å². The van der Waals surface area contributed by atoms with Crippen LogP contribution in [0.25, 0.3) is 11.4 Å². The minimum Gasteiger partial charge on any atom is -0.461 e. The Morgan fingerprint density at radius 1 is 0.906 bits per heavy atom. The Bertz CT molecular complexity index is 1140. The van der Waals surface area contributed by atoms with Gasteiger partial charge in [0.2, 0.25) is 5.82 Å². The fourth-order valence-corrected chi connectivity index (χ4v) is 3.29. The number of aromatic nitrogens is 7. The van der Waals surface area contributed by atoms with Crippen molar-refractivity contribution in [2.24, 2.45) is 0 Å². The summed E-state index contributed by atoms with van der Waals surface area (Å²) in [5, 5.41) is 18.9. The Morgan fingerprint density at radius 2 is 1.62 bits per heavy atom. The third-order valence-corrected chi connectivity index (χ3v) is 4.65. The number of aromatic amines is 1. The number of hydrogen-bond acceptors (Lipinski definition) is 7. The maximum atomic E-state index is 5.82. The lowest BCUT2D eigenvalue weighted by atomic mass is 9.98. The topological polar surface area (TPSA) is 104 Å². The van der Waals surface area contributed by atoms with E-state index in [1.54, 1.807) is 4.68 Å². The average Bonchev–Trinajstić information content (AvgIpc) is 3.40. The van der Waals surface area contributed by atoms with E-state index in [2.05, 4.69) is 61.0 Å². The summed E-state index contributed by atoms with van der Waals surface area (Å²) >= 11 is 0. The zero-order chi connectivity index (χ0) is 22.5. The monoisotopic (exact) mass is 433 g/mol. The minimum atomic E-state index is -0.00787. The van der Waals surface area contributed by atoms with Crippen LogP contribution < -0.4 is 9.47 Å². The van der Waals surface area contributed by atoms with Gasteiger partial charge in [-0.1, -0.05) is 48.5 Å². The zero-order valence-corrected chi connectivity index (χ0v) is 18.7. The molecule has 0 atom stereocenters. The summed E-state index contributed by atoms with van der Waals surface area (Å²) < 4.78 is 13.2. The highest BCUT2D eigenvalue weighted by Crippen LogP contribution is 2.23. The number of nitrogens with zero attached hydrogens (tertiary/aromatic N) is 6. The fourth-order valence-electron chi connectivity index (χ4n) is 3.29. The number of nitrogens with one attached hydrogen (secondary N) is 1. The fraction of sp³-hybridized carbons (Fsp3) is 0.348. The van der Waals surface area contributed by atoms with Crippen LogP contribution in [0.15, 0.2) is 48.5 Å². The van der Waals surface area contributed by atoms with E-state index in [1.165, 1.54) is 5.56 Å². The van der Waals surface area contributed by atoms with Crippen LogP contribution in [0, 0.1) is 0 Å². The van der Waals surface area contributed by atoms with Crippen LogP contribution in [0.3, 0.4) is 0 Å². The van der Waals surface area contributed by atoms with Crippen molar-refractivity contribution in [3.05, 3.63) is 65.2 Å². The maximum absolute atomic E-state index is 5.82. The molecule has 2 aromatic heterocycles. The van der Waals surface area contributed by atoms with Crippen LogP contribution in [0.5, 0.6) is 12.0 Å². The Morgan fingerprint density at radius 3 is 2.31 bits per heavy atom. The molecule has 0 amide bonds. The van der Waals surface area contributed by atoms with Gasteiger partial charge in [-0.05, 0) is 56.0 Å². The molecule has 0 saturated carbocycles. The van der Waals surface area contributed by atoms with E-state index in [1.807, 2.05) is 45.9 Å². The Balaban J connectivity index is 1.50. The number of benzene rings is 2. The van der Waals surface area contributed by atoms with Gasteiger partial charge >= 0.3 is 12.0 Å². The van der Waals surface area contributed by atoms with Gasteiger partial charge in [0.15, 0.2) is 0 Å². The summed E-state index contributed by atoms with van der Waals surface area (Å²) in [6.07, 6.45) is 0.751. The normalized spacial score (nSPS) is 11.3. The van der Waals surface area contributed by atoms with Crippen LogP contribution >= 0.6 is 0 Å². The minimum absolute atomic E-state index is 0.00707. The van der Waals surface area contributed by atoms with Gasteiger partial charge in [0.1, 0.15) is 0 Å². The van der Waals surface area contributed by atoms with Crippen LogP contribution in [0.2, 0.25) is 0 Å². The maximum Gasteiger partial charge on any atom is 0.339 e. The molecule has 0 saturated heterocycles. The number of ether oxygens (including phenoxy) is 2. The number of rotatable bonds is 9. The molecular weight excluding hydrogens is 406 g/mol. The molecule has 0 aliphatic rings. The number of H-pyrrole nitrogens is 1. The molecule has 166 valence electrons. The van der Waals surface area contributed by atoms with E-state index < -0.39 is 0 Å². The molecule has 9 nitrogen and oxygen atoms in total. The van der Waals surface area contributed by atoms with Gasteiger partial charge in [0.25, 0.3) is 0 Å². The molecule has 4 aromatic rings. The third kappa shape index (κ3) is 5.29. The van der Waals surface area contributed by atoms with Gasteiger partial charge in [-0.15, -0.1) is 20.3 Å². The summed E-state index contributed by atoms with van der Waals surface area (Å²) in [6.45, 7) is 8.35. The first kappa shape index (κ1) is 21.5. The lowest BCUT2D eigenvalue weighted by Crippen LogP contribution is -2.12. The van der Waals surface area contributed by atoms with Crippen molar-refractivity contribution in [1.29, 1.82) is 0 Å². The third-order valence-electron chi connectivity index (χ3n) is 4.65. The Hall–Kier alpha value is -3.75. The van der Waals surface area contributed by atoms with Crippen LogP contribution in [0.4, 0.5) is 0 Å². The van der Waals surface area contributed by atoms with Crippen molar-refractivity contribution in [3.8, 4) is 23.4 Å². The second-order valence-electron chi connectivity index (χ2n) is 8.05. The lowest BCUT2D eigenvalue weighted by Gasteiger charge is -2.10. The molecule has 0 radical (unpaired) electrons. The van der Waals surface area contributed by atoms with Gasteiger partial charge < -0.3 is 9.47 Å². The van der Waals surface area contributed by atoms with Crippen molar-refractivity contribution in [2.75, 3.05) is 0 Å². The Kier molecular flexibility index (Phi) is 6.44. The first-order valence-electron chi connectivity index (χ1n) is 10.7. The van der Waals surface area contributed by atoms with E-state index in [9.17, 15) is 0 Å². The summed E-state index contributed by atoms with van der Waals surface area (Å²) in [6, 6.07) is 17.3. The number of tetrazole rings is 1. The first-order chi connectivity index (χ1) is 15.5. The molecule has 1 N–H and O–H groups in total. The summed E-state index contributed by atoms with van der Waals surface area (Å²) in [4.78, 5) is 4.38. The molecule has 0 fully saturated rings. The molecular formula is C23H27N7O2. The van der Waals surface area contributed by atoms with Gasteiger partial charge in [-0.25, -0.2) is 4.68 Å². The summed E-state index contributed by atoms with van der Waals surface area (Å²) in [7, 11) is 0. The zero-order valence-electron chi connectivity index (χ0n) is 18.7. The second-order valence-corrected chi connectivity index (χ2v) is 8.05. The lowest BCUT2D eigenvalue weighted by molar-refractivity contribution is 0.207. The largest absolute Gasteiger partial charge is 0.461 e. The molecule has 2 heterocycles. The molecule has 32 heavy (non-hydrogen) atoms. The van der Waals surface area contributed by atoms with Crippen molar-refractivity contribution < 1.29 is 9.47 Å². The molecule has 9 heteroatoms. The molecule has 0 aliphatic carbocycles. The van der Waals surface area contributed by atoms with Crippen molar-refractivity contribution in [1.82, 2.24) is 35.4 Å². The predicted octanol–water partition coefficient (Wildman–Crippen LogP) is 3.67. The predicted molar refractivity (Wildman–Crippen MR) is 120 cm³/mol. The quantitative estimate of drug-likeness (QED) is 0.429. The van der Waals surface area contributed by atoms with Crippen LogP contribution in [-0.4, -0.2) is 47.6 Å². The SMILES string of the molecule is CC(C)Oc1nc(OC(C)C)n(Cc2ccc(Cc3ccccc3-c3nn[nH]n3)cc2)n1. The van der Waals surface area contributed by atoms with Crippen LogP contribution in [-0.2, 0) is 13.0 Å². The van der Waals surface area contributed by atoms with E-state index in [-0.39, 0.29) is 12.2 Å². The molecule has 0 spiro atoms. The van der Waals surface area contributed by atoms with Gasteiger partial charge in [0, 0.05) is 5.56 Å². The highest BCUT2D eigenvalue weighted by Gasteiger charge is 2.15. The molecule has 4 rings (SSSR count). The van der Waals surface area contributed by atoms with Gasteiger partial charge in [0.05, 0.1) is 18.8 Å². The molecule has 2 aromatic carbocycles. The van der Waals surface area contributed by atoms with Crippen LogP contribution in [0.1, 0.15) is 44.4 Å². The molecule has 0 unspecified atom stereocenters. The molecule has 0 aliphatic heterocycles. The smallest absolute Gasteiger partial charge is 0.339 e. The molecule has 0 bridgehead atoms. The van der Waals surface area contributed by atoms with Crippen molar-refractivity contribution in [2.45, 2.75) is 52.9 Å². The van der Waals surface area contributed by atoms with Crippen molar-refractivity contribution in [3.63, 3.8) is 0 Å². The van der Waals surface area contributed by atoms with Gasteiger partial charge in [-0.3, -0.25) is 0 Å².